The SMILES string of the molecule is O=C(Cc1nc2ccc(Cl)cc2[nH]c1=O)c1ccco1. The van der Waals surface area contributed by atoms with Crippen LogP contribution in [0.1, 0.15) is 16.2 Å². The van der Waals surface area contributed by atoms with Crippen LogP contribution in [0, 0.1) is 0 Å². The van der Waals surface area contributed by atoms with E-state index in [4.69, 9.17) is 16.0 Å². The van der Waals surface area contributed by atoms with Crippen molar-refractivity contribution in [1.82, 2.24) is 9.97 Å². The minimum Gasteiger partial charge on any atom is -0.461 e. The van der Waals surface area contributed by atoms with E-state index in [1.165, 1.54) is 6.26 Å². The molecule has 0 fully saturated rings. The molecule has 0 bridgehead atoms. The molecule has 1 aromatic carbocycles. The lowest BCUT2D eigenvalue weighted by molar-refractivity contribution is 0.0965. The van der Waals surface area contributed by atoms with Crippen molar-refractivity contribution in [2.75, 3.05) is 0 Å². The highest BCUT2D eigenvalue weighted by molar-refractivity contribution is 6.31. The third kappa shape index (κ3) is 2.35. The maximum Gasteiger partial charge on any atom is 0.270 e. The number of H-pyrrole nitrogens is 1. The molecule has 0 unspecified atom stereocenters. The van der Waals surface area contributed by atoms with Crippen molar-refractivity contribution < 1.29 is 9.21 Å². The maximum atomic E-state index is 11.9. The highest BCUT2D eigenvalue weighted by atomic mass is 35.5. The number of ketones is 1. The van der Waals surface area contributed by atoms with Gasteiger partial charge in [-0.25, -0.2) is 4.98 Å². The van der Waals surface area contributed by atoms with Gasteiger partial charge in [0.1, 0.15) is 5.69 Å². The average Bonchev–Trinajstić information content (AvgIpc) is 2.94. The number of nitrogens with one attached hydrogen (secondary N) is 1. The summed E-state index contributed by atoms with van der Waals surface area (Å²) in [5.74, 6) is -0.0799. The summed E-state index contributed by atoms with van der Waals surface area (Å²) in [4.78, 5) is 30.7. The van der Waals surface area contributed by atoms with Crippen molar-refractivity contribution >= 4 is 28.4 Å². The molecule has 0 atom stereocenters. The predicted molar refractivity (Wildman–Crippen MR) is 74.1 cm³/mol. The van der Waals surface area contributed by atoms with E-state index in [0.717, 1.165) is 0 Å². The van der Waals surface area contributed by atoms with Gasteiger partial charge in [0.15, 0.2) is 5.76 Å². The van der Waals surface area contributed by atoms with Gasteiger partial charge in [-0.05, 0) is 30.3 Å². The summed E-state index contributed by atoms with van der Waals surface area (Å²) in [6, 6.07) is 8.15. The van der Waals surface area contributed by atoms with Crippen molar-refractivity contribution in [2.24, 2.45) is 0 Å². The van der Waals surface area contributed by atoms with E-state index in [0.29, 0.717) is 16.1 Å². The summed E-state index contributed by atoms with van der Waals surface area (Å²) in [5, 5.41) is 0.509. The molecule has 0 spiro atoms. The van der Waals surface area contributed by atoms with Crippen molar-refractivity contribution in [2.45, 2.75) is 6.42 Å². The Hall–Kier alpha value is -2.40. The van der Waals surface area contributed by atoms with Crippen molar-refractivity contribution in [3.05, 3.63) is 63.4 Å². The Balaban J connectivity index is 2.00. The molecule has 3 aromatic rings. The molecule has 2 heterocycles. The number of rotatable bonds is 3. The van der Waals surface area contributed by atoms with Gasteiger partial charge in [-0.3, -0.25) is 9.59 Å². The first-order valence-electron chi connectivity index (χ1n) is 5.88. The van der Waals surface area contributed by atoms with Crippen LogP contribution in [-0.4, -0.2) is 15.8 Å². The molecule has 3 rings (SSSR count). The monoisotopic (exact) mass is 288 g/mol. The zero-order valence-corrected chi connectivity index (χ0v) is 11.0. The highest BCUT2D eigenvalue weighted by Gasteiger charge is 2.14. The van der Waals surface area contributed by atoms with Gasteiger partial charge in [0, 0.05) is 5.02 Å². The molecule has 0 aliphatic heterocycles. The third-order valence-corrected chi connectivity index (χ3v) is 3.08. The van der Waals surface area contributed by atoms with Crippen LogP contribution in [0.25, 0.3) is 11.0 Å². The Bertz CT molecular complexity index is 837. The van der Waals surface area contributed by atoms with Gasteiger partial charge in [0.25, 0.3) is 5.56 Å². The second-order valence-corrected chi connectivity index (χ2v) is 4.69. The summed E-state index contributed by atoms with van der Waals surface area (Å²) in [5.41, 5.74) is 0.869. The molecule has 1 N–H and O–H groups in total. The lowest BCUT2D eigenvalue weighted by Gasteiger charge is -2.02. The van der Waals surface area contributed by atoms with E-state index in [1.54, 1.807) is 30.3 Å². The molecule has 100 valence electrons. The van der Waals surface area contributed by atoms with Gasteiger partial charge in [-0.1, -0.05) is 11.6 Å². The number of carbonyl (C=O) groups excluding carboxylic acids is 1. The molecule has 0 saturated carbocycles. The third-order valence-electron chi connectivity index (χ3n) is 2.85. The standard InChI is InChI=1S/C14H9ClN2O3/c15-8-3-4-9-10(6-8)17-14(19)11(16-9)7-12(18)13-2-1-5-20-13/h1-6H,7H2,(H,17,19). The Morgan fingerprint density at radius 3 is 2.95 bits per heavy atom. The van der Waals surface area contributed by atoms with Gasteiger partial charge >= 0.3 is 0 Å². The van der Waals surface area contributed by atoms with E-state index in [-0.39, 0.29) is 23.7 Å². The van der Waals surface area contributed by atoms with Crippen LogP contribution in [0.5, 0.6) is 0 Å². The number of fused-ring (bicyclic) bond motifs is 1. The fraction of sp³-hybridized carbons (Fsp3) is 0.0714. The smallest absolute Gasteiger partial charge is 0.270 e. The maximum absolute atomic E-state index is 11.9. The molecule has 6 heteroatoms. The number of Topliss-reactive ketones (excluding diaryl/α,β-unsaturated/α-hetero) is 1. The first-order chi connectivity index (χ1) is 9.63. The fourth-order valence-electron chi connectivity index (χ4n) is 1.89. The van der Waals surface area contributed by atoms with Crippen LogP contribution < -0.4 is 5.56 Å². The fourth-order valence-corrected chi connectivity index (χ4v) is 2.06. The molecule has 0 aliphatic rings. The Morgan fingerprint density at radius 1 is 1.35 bits per heavy atom. The molecule has 5 nitrogen and oxygen atoms in total. The summed E-state index contributed by atoms with van der Waals surface area (Å²) in [6.45, 7) is 0. The van der Waals surface area contributed by atoms with Gasteiger partial charge in [-0.15, -0.1) is 0 Å². The lowest BCUT2D eigenvalue weighted by Crippen LogP contribution is -2.18. The van der Waals surface area contributed by atoms with E-state index < -0.39 is 5.56 Å². The number of halogens is 1. The number of carbonyl (C=O) groups is 1. The number of benzene rings is 1. The van der Waals surface area contributed by atoms with Crippen LogP contribution in [0.2, 0.25) is 5.02 Å². The zero-order valence-electron chi connectivity index (χ0n) is 10.2. The number of aromatic nitrogens is 2. The Labute approximate surface area is 118 Å². The van der Waals surface area contributed by atoms with Crippen LogP contribution >= 0.6 is 11.6 Å². The highest BCUT2D eigenvalue weighted by Crippen LogP contribution is 2.15. The second-order valence-electron chi connectivity index (χ2n) is 4.25. The van der Waals surface area contributed by atoms with Crippen LogP contribution in [0.15, 0.2) is 45.8 Å². The van der Waals surface area contributed by atoms with Crippen molar-refractivity contribution in [3.8, 4) is 0 Å². The average molecular weight is 289 g/mol. The van der Waals surface area contributed by atoms with E-state index in [1.807, 2.05) is 0 Å². The molecule has 0 radical (unpaired) electrons. The molecule has 20 heavy (non-hydrogen) atoms. The number of furan rings is 1. The molecular formula is C14H9ClN2O3. The van der Waals surface area contributed by atoms with E-state index >= 15 is 0 Å². The molecular weight excluding hydrogens is 280 g/mol. The summed E-state index contributed by atoms with van der Waals surface area (Å²) in [6.07, 6.45) is 1.30. The summed E-state index contributed by atoms with van der Waals surface area (Å²) in [7, 11) is 0. The molecule has 2 aromatic heterocycles. The van der Waals surface area contributed by atoms with Crippen molar-refractivity contribution in [3.63, 3.8) is 0 Å². The Kier molecular flexibility index (Phi) is 3.12. The van der Waals surface area contributed by atoms with E-state index in [9.17, 15) is 9.59 Å². The molecule has 0 aliphatic carbocycles. The number of nitrogens with zero attached hydrogens (tertiary/aromatic N) is 1. The lowest BCUT2D eigenvalue weighted by atomic mass is 10.2. The zero-order chi connectivity index (χ0) is 14.1. The first kappa shape index (κ1) is 12.6. The number of hydrogen-bond donors (Lipinski definition) is 1. The van der Waals surface area contributed by atoms with E-state index in [2.05, 4.69) is 9.97 Å². The van der Waals surface area contributed by atoms with Crippen molar-refractivity contribution in [1.29, 1.82) is 0 Å². The van der Waals surface area contributed by atoms with Gasteiger partial charge in [0.2, 0.25) is 5.78 Å². The van der Waals surface area contributed by atoms with Gasteiger partial charge in [0.05, 0.1) is 23.7 Å². The summed E-state index contributed by atoms with van der Waals surface area (Å²) >= 11 is 5.85. The minimum atomic E-state index is -0.403. The molecule has 0 saturated heterocycles. The molecule has 0 amide bonds. The largest absolute Gasteiger partial charge is 0.461 e. The quantitative estimate of drug-likeness (QED) is 0.752. The topological polar surface area (TPSA) is 76.0 Å². The number of hydrogen-bond acceptors (Lipinski definition) is 4. The summed E-state index contributed by atoms with van der Waals surface area (Å²) < 4.78 is 5.00. The van der Waals surface area contributed by atoms with Gasteiger partial charge in [-0.2, -0.15) is 0 Å². The minimum absolute atomic E-state index is 0.110. The second kappa shape index (κ2) is 4.94. The first-order valence-corrected chi connectivity index (χ1v) is 6.26. The van der Waals surface area contributed by atoms with Gasteiger partial charge < -0.3 is 9.40 Å². The van der Waals surface area contributed by atoms with Crippen LogP contribution in [-0.2, 0) is 6.42 Å². The van der Waals surface area contributed by atoms with Crippen LogP contribution in [0.3, 0.4) is 0 Å². The van der Waals surface area contributed by atoms with Crippen LogP contribution in [0.4, 0.5) is 0 Å². The Morgan fingerprint density at radius 2 is 2.20 bits per heavy atom. The number of aromatic amines is 1. The predicted octanol–water partition coefficient (Wildman–Crippen LogP) is 2.59. The normalized spacial score (nSPS) is 10.8.